The van der Waals surface area contributed by atoms with Crippen molar-refractivity contribution < 1.29 is 12.8 Å². The molecule has 0 spiro atoms. The van der Waals surface area contributed by atoms with Gasteiger partial charge in [-0.3, -0.25) is 4.79 Å². The molecule has 1 N–H and O–H groups in total. The summed E-state index contributed by atoms with van der Waals surface area (Å²) < 4.78 is 38.4. The second-order valence-electron chi connectivity index (χ2n) is 9.20. The zero-order chi connectivity index (χ0) is 22.3. The maximum Gasteiger partial charge on any atom is 0.293 e. The summed E-state index contributed by atoms with van der Waals surface area (Å²) in [4.78, 5) is 19.4. The number of benzene rings is 1. The van der Waals surface area contributed by atoms with Gasteiger partial charge in [0.25, 0.3) is 5.56 Å². The van der Waals surface area contributed by atoms with Crippen LogP contribution in [0.25, 0.3) is 0 Å². The molecule has 3 fully saturated rings. The lowest BCUT2D eigenvalue weighted by atomic mass is 10.1. The molecule has 0 radical (unpaired) electrons. The van der Waals surface area contributed by atoms with Crippen LogP contribution in [-0.4, -0.2) is 55.2 Å². The van der Waals surface area contributed by atoms with E-state index in [9.17, 15) is 17.6 Å². The van der Waals surface area contributed by atoms with Gasteiger partial charge in [0, 0.05) is 37.3 Å². The van der Waals surface area contributed by atoms with Crippen LogP contribution in [0.5, 0.6) is 0 Å². The molecule has 2 aromatic rings. The van der Waals surface area contributed by atoms with Crippen molar-refractivity contribution in [2.45, 2.75) is 50.1 Å². The average molecular weight is 461 g/mol. The number of aromatic nitrogens is 2. The lowest BCUT2D eigenvalue weighted by molar-refractivity contribution is 0.584. The van der Waals surface area contributed by atoms with E-state index in [1.807, 2.05) is 23.2 Å². The highest BCUT2D eigenvalue weighted by atomic mass is 32.2. The molecule has 2 saturated carbocycles. The fourth-order valence-corrected chi connectivity index (χ4v) is 5.68. The highest BCUT2D eigenvalue weighted by Crippen LogP contribution is 2.40. The van der Waals surface area contributed by atoms with Crippen LogP contribution in [-0.2, 0) is 16.3 Å². The Hall–Kier alpha value is -2.26. The molecule has 1 aromatic carbocycles. The highest BCUT2D eigenvalue weighted by Gasteiger charge is 2.37. The lowest BCUT2D eigenvalue weighted by Crippen LogP contribution is -2.44. The Bertz CT molecular complexity index is 1130. The van der Waals surface area contributed by atoms with E-state index in [-0.39, 0.29) is 28.9 Å². The van der Waals surface area contributed by atoms with Crippen molar-refractivity contribution in [3.05, 3.63) is 57.9 Å². The Balaban J connectivity index is 1.19. The second kappa shape index (κ2) is 8.59. The van der Waals surface area contributed by atoms with Gasteiger partial charge < -0.3 is 14.8 Å². The maximum atomic E-state index is 13.1. The summed E-state index contributed by atoms with van der Waals surface area (Å²) >= 11 is 0. The summed E-state index contributed by atoms with van der Waals surface area (Å²) in [6, 6.07) is 7.43. The van der Waals surface area contributed by atoms with Crippen molar-refractivity contribution in [1.29, 1.82) is 0 Å². The Morgan fingerprint density at radius 2 is 1.84 bits per heavy atom. The molecule has 5 rings (SSSR count). The molecule has 2 aliphatic carbocycles. The predicted molar refractivity (Wildman–Crippen MR) is 122 cm³/mol. The first kappa shape index (κ1) is 21.6. The Labute approximate surface area is 187 Å². The van der Waals surface area contributed by atoms with Crippen molar-refractivity contribution in [2.24, 2.45) is 0 Å². The fraction of sp³-hybridized carbons (Fsp3) is 0.565. The standard InChI is InChI=1S/C23H29FN4O3S/c24-17-5-3-16(4-6-17)20-14-21(20)25-9-1-2-18-15-28(19-7-8-19)23(29)22(26-18)27-10-12-32(30,31)13-11-27/h3-6,15,19-21,25H,1-2,7-14H2/t20-,21+/m0/s1. The molecule has 1 aromatic heterocycles. The van der Waals surface area contributed by atoms with Crippen molar-refractivity contribution in [2.75, 3.05) is 36.0 Å². The topological polar surface area (TPSA) is 84.3 Å². The minimum atomic E-state index is -3.01. The van der Waals surface area contributed by atoms with Crippen LogP contribution < -0.4 is 15.8 Å². The molecule has 1 saturated heterocycles. The van der Waals surface area contributed by atoms with Gasteiger partial charge >= 0.3 is 0 Å². The van der Waals surface area contributed by atoms with E-state index in [0.29, 0.717) is 30.9 Å². The van der Waals surface area contributed by atoms with Gasteiger partial charge in [-0.15, -0.1) is 0 Å². The number of nitrogens with zero attached hydrogens (tertiary/aromatic N) is 3. The van der Waals surface area contributed by atoms with Crippen LogP contribution in [0.4, 0.5) is 10.2 Å². The summed E-state index contributed by atoms with van der Waals surface area (Å²) in [5.41, 5.74) is 1.96. The van der Waals surface area contributed by atoms with Crippen LogP contribution in [0.3, 0.4) is 0 Å². The van der Waals surface area contributed by atoms with Crippen LogP contribution in [0.2, 0.25) is 0 Å². The number of sulfone groups is 1. The molecule has 7 nitrogen and oxygen atoms in total. The van der Waals surface area contributed by atoms with E-state index in [1.54, 1.807) is 4.57 Å². The molecule has 0 bridgehead atoms. The van der Waals surface area contributed by atoms with Crippen LogP contribution >= 0.6 is 0 Å². The highest BCUT2D eigenvalue weighted by molar-refractivity contribution is 7.91. The average Bonchev–Trinajstić information content (AvgIpc) is 3.68. The van der Waals surface area contributed by atoms with E-state index < -0.39 is 9.84 Å². The molecule has 3 aliphatic rings. The number of nitrogens with one attached hydrogen (secondary N) is 1. The fourth-order valence-electron chi connectivity index (χ4n) is 4.48. The van der Waals surface area contributed by atoms with Crippen molar-refractivity contribution in [3.8, 4) is 0 Å². The van der Waals surface area contributed by atoms with Gasteiger partial charge in [-0.2, -0.15) is 0 Å². The third-order valence-corrected chi connectivity index (χ3v) is 8.26. The van der Waals surface area contributed by atoms with E-state index in [1.165, 1.54) is 17.7 Å². The van der Waals surface area contributed by atoms with Crippen molar-refractivity contribution in [3.63, 3.8) is 0 Å². The van der Waals surface area contributed by atoms with Gasteiger partial charge in [0.15, 0.2) is 15.7 Å². The molecule has 0 amide bonds. The maximum absolute atomic E-state index is 13.1. The van der Waals surface area contributed by atoms with Crippen LogP contribution in [0, 0.1) is 5.82 Å². The second-order valence-corrected chi connectivity index (χ2v) is 11.5. The first-order valence-electron chi connectivity index (χ1n) is 11.5. The Morgan fingerprint density at radius 1 is 1.12 bits per heavy atom. The number of rotatable bonds is 8. The monoisotopic (exact) mass is 460 g/mol. The van der Waals surface area contributed by atoms with E-state index in [2.05, 4.69) is 10.3 Å². The Kier molecular flexibility index (Phi) is 5.79. The van der Waals surface area contributed by atoms with Crippen molar-refractivity contribution in [1.82, 2.24) is 14.9 Å². The molecule has 172 valence electrons. The zero-order valence-electron chi connectivity index (χ0n) is 18.0. The molecule has 0 unspecified atom stereocenters. The molecule has 32 heavy (non-hydrogen) atoms. The van der Waals surface area contributed by atoms with Gasteiger partial charge in [-0.25, -0.2) is 17.8 Å². The minimum absolute atomic E-state index is 0.0717. The first-order chi connectivity index (χ1) is 15.4. The quantitative estimate of drug-likeness (QED) is 0.607. The van der Waals surface area contributed by atoms with Gasteiger partial charge in [0.05, 0.1) is 17.2 Å². The third-order valence-electron chi connectivity index (χ3n) is 6.65. The van der Waals surface area contributed by atoms with E-state index in [4.69, 9.17) is 0 Å². The summed E-state index contributed by atoms with van der Waals surface area (Å²) in [6.45, 7) is 1.50. The number of anilines is 1. The van der Waals surface area contributed by atoms with Crippen LogP contribution in [0.1, 0.15) is 48.9 Å². The SMILES string of the molecule is O=c1c(N2CCS(=O)(=O)CC2)nc(CCCN[C@@H]2C[C@H]2c2ccc(F)cc2)cn1C1CC1. The third kappa shape index (κ3) is 4.88. The first-order valence-corrected chi connectivity index (χ1v) is 13.3. The molecule has 2 atom stereocenters. The number of halogens is 1. The molecule has 9 heteroatoms. The van der Waals surface area contributed by atoms with Gasteiger partial charge in [-0.1, -0.05) is 12.1 Å². The van der Waals surface area contributed by atoms with Gasteiger partial charge in [0.2, 0.25) is 0 Å². The largest absolute Gasteiger partial charge is 0.350 e. The van der Waals surface area contributed by atoms with Gasteiger partial charge in [0.1, 0.15) is 5.82 Å². The Morgan fingerprint density at radius 3 is 2.53 bits per heavy atom. The van der Waals surface area contributed by atoms with E-state index in [0.717, 1.165) is 44.3 Å². The zero-order valence-corrected chi connectivity index (χ0v) is 18.9. The number of hydrogen-bond donors (Lipinski definition) is 1. The van der Waals surface area contributed by atoms with E-state index >= 15 is 0 Å². The summed E-state index contributed by atoms with van der Waals surface area (Å²) in [6.07, 6.45) is 6.63. The van der Waals surface area contributed by atoms with Gasteiger partial charge in [-0.05, 0) is 56.3 Å². The number of aryl methyl sites for hydroxylation is 1. The van der Waals surface area contributed by atoms with Crippen LogP contribution in [0.15, 0.2) is 35.3 Å². The molecule has 1 aliphatic heterocycles. The summed E-state index contributed by atoms with van der Waals surface area (Å²) in [7, 11) is -3.01. The minimum Gasteiger partial charge on any atom is -0.350 e. The summed E-state index contributed by atoms with van der Waals surface area (Å²) in [5, 5.41) is 3.57. The normalized spacial score (nSPS) is 24.5. The summed E-state index contributed by atoms with van der Waals surface area (Å²) in [5.74, 6) is 0.790. The molecular weight excluding hydrogens is 431 g/mol. The van der Waals surface area contributed by atoms with Crippen molar-refractivity contribution >= 4 is 15.7 Å². The lowest BCUT2D eigenvalue weighted by Gasteiger charge is -2.28. The molecule has 2 heterocycles. The smallest absolute Gasteiger partial charge is 0.293 e. The number of hydrogen-bond acceptors (Lipinski definition) is 6. The predicted octanol–water partition coefficient (Wildman–Crippen LogP) is 2.03. The molecular formula is C23H29FN4O3S.